The first-order chi connectivity index (χ1) is 14.9. The molecule has 2 N–H and O–H groups in total. The first-order valence-corrected chi connectivity index (χ1v) is 10.0. The molecule has 160 valence electrons. The van der Waals surface area contributed by atoms with Crippen LogP contribution in [-0.4, -0.2) is 63.3 Å². The van der Waals surface area contributed by atoms with Crippen molar-refractivity contribution >= 4 is 39.7 Å². The van der Waals surface area contributed by atoms with Crippen LogP contribution in [0.3, 0.4) is 0 Å². The number of amides is 1. The van der Waals surface area contributed by atoms with Crippen molar-refractivity contribution in [2.24, 2.45) is 7.05 Å². The van der Waals surface area contributed by atoms with E-state index in [1.165, 1.54) is 0 Å². The van der Waals surface area contributed by atoms with E-state index in [1.807, 2.05) is 25.2 Å². The Bertz CT molecular complexity index is 1300. The first kappa shape index (κ1) is 19.2. The number of nitrogens with two attached hydrogens (primary N) is 1. The van der Waals surface area contributed by atoms with Crippen LogP contribution < -0.4 is 15.4 Å². The summed E-state index contributed by atoms with van der Waals surface area (Å²) in [6.45, 7) is 3.74. The third-order valence-electron chi connectivity index (χ3n) is 5.71. The molecule has 1 aliphatic rings. The highest BCUT2D eigenvalue weighted by Gasteiger charge is 2.31. The second-order valence-electron chi connectivity index (χ2n) is 7.72. The maximum absolute atomic E-state index is 13.1. The zero-order valence-electron chi connectivity index (χ0n) is 17.6. The number of hydrogen-bond donors (Lipinski definition) is 1. The smallest absolute Gasteiger partial charge is 0.289 e. The number of fused-ring (bicyclic) bond motifs is 2. The predicted octanol–water partition coefficient (Wildman–Crippen LogP) is 2.05. The number of carbonyl (C=O) groups is 1. The number of carbonyl (C=O) groups excluding carboxylic acids is 1. The third-order valence-corrected chi connectivity index (χ3v) is 5.71. The maximum Gasteiger partial charge on any atom is 0.289 e. The Hall–Kier alpha value is -3.82. The van der Waals surface area contributed by atoms with Gasteiger partial charge < -0.3 is 24.7 Å². The largest absolute Gasteiger partial charge is 0.497 e. The minimum Gasteiger partial charge on any atom is -0.497 e. The number of ether oxygens (including phenoxy) is 1. The second-order valence-corrected chi connectivity index (χ2v) is 7.72. The number of rotatable bonds is 3. The quantitative estimate of drug-likeness (QED) is 0.534. The van der Waals surface area contributed by atoms with Gasteiger partial charge in [0.1, 0.15) is 17.2 Å². The van der Waals surface area contributed by atoms with Crippen LogP contribution in [0, 0.1) is 0 Å². The van der Waals surface area contributed by atoms with Crippen LogP contribution in [0.15, 0.2) is 34.9 Å². The second kappa shape index (κ2) is 7.15. The fourth-order valence-electron chi connectivity index (χ4n) is 4.11. The van der Waals surface area contributed by atoms with Gasteiger partial charge in [0.25, 0.3) is 5.91 Å². The van der Waals surface area contributed by atoms with Crippen molar-refractivity contribution in [1.82, 2.24) is 24.6 Å². The summed E-state index contributed by atoms with van der Waals surface area (Å²) in [5, 5.41) is 5.96. The Balaban J connectivity index is 1.38. The topological polar surface area (TPSA) is 116 Å². The standard InChI is InChI=1S/C21H23N7O3/c1-12-11-27(20(29)17-9-13-8-14(30-3)4-5-16(13)31-17)6-7-28(12)19-15-10-23-26(2)18(15)24-21(22)25-19/h4-5,8-10,12H,6-7,11H2,1-3H3,(H2,22,24,25)/t12-/m0/s1. The van der Waals surface area contributed by atoms with Gasteiger partial charge in [-0.15, -0.1) is 0 Å². The lowest BCUT2D eigenvalue weighted by molar-refractivity contribution is 0.0696. The predicted molar refractivity (Wildman–Crippen MR) is 116 cm³/mol. The van der Waals surface area contributed by atoms with Crippen LogP contribution in [0.5, 0.6) is 5.75 Å². The number of aromatic nitrogens is 4. The molecule has 31 heavy (non-hydrogen) atoms. The maximum atomic E-state index is 13.1. The van der Waals surface area contributed by atoms with Gasteiger partial charge in [0.2, 0.25) is 5.95 Å². The lowest BCUT2D eigenvalue weighted by Crippen LogP contribution is -2.54. The first-order valence-electron chi connectivity index (χ1n) is 10.0. The number of nitrogen functional groups attached to an aromatic ring is 1. The molecule has 0 saturated carbocycles. The molecular weight excluding hydrogens is 398 g/mol. The van der Waals surface area contributed by atoms with E-state index in [1.54, 1.807) is 29.0 Å². The monoisotopic (exact) mass is 421 g/mol. The zero-order valence-corrected chi connectivity index (χ0v) is 17.6. The van der Waals surface area contributed by atoms with Crippen molar-refractivity contribution in [3.63, 3.8) is 0 Å². The molecule has 3 aromatic heterocycles. The van der Waals surface area contributed by atoms with Gasteiger partial charge >= 0.3 is 0 Å². The summed E-state index contributed by atoms with van der Waals surface area (Å²) in [5.74, 6) is 1.86. The van der Waals surface area contributed by atoms with Crippen molar-refractivity contribution in [1.29, 1.82) is 0 Å². The number of anilines is 2. The lowest BCUT2D eigenvalue weighted by atomic mass is 10.1. The summed E-state index contributed by atoms with van der Waals surface area (Å²) < 4.78 is 12.7. The number of benzene rings is 1. The average Bonchev–Trinajstić information content (AvgIpc) is 3.36. The molecule has 1 aliphatic heterocycles. The van der Waals surface area contributed by atoms with Gasteiger partial charge in [-0.2, -0.15) is 15.1 Å². The van der Waals surface area contributed by atoms with Crippen molar-refractivity contribution in [2.45, 2.75) is 13.0 Å². The Morgan fingerprint density at radius 1 is 1.26 bits per heavy atom. The molecule has 10 heteroatoms. The summed E-state index contributed by atoms with van der Waals surface area (Å²) >= 11 is 0. The van der Waals surface area contributed by atoms with Crippen LogP contribution in [0.4, 0.5) is 11.8 Å². The van der Waals surface area contributed by atoms with Gasteiger partial charge in [-0.05, 0) is 31.2 Å². The highest BCUT2D eigenvalue weighted by Crippen LogP contribution is 2.29. The fraction of sp³-hybridized carbons (Fsp3) is 0.333. The summed E-state index contributed by atoms with van der Waals surface area (Å²) in [5.41, 5.74) is 7.28. The molecule has 5 rings (SSSR count). The van der Waals surface area contributed by atoms with Crippen LogP contribution in [0.25, 0.3) is 22.0 Å². The SMILES string of the molecule is COc1ccc2oc(C(=O)N3CCN(c4nc(N)nc5c4cnn5C)[C@@H](C)C3)cc2c1. The van der Waals surface area contributed by atoms with Crippen LogP contribution >= 0.6 is 0 Å². The molecule has 4 heterocycles. The Morgan fingerprint density at radius 3 is 2.87 bits per heavy atom. The molecule has 10 nitrogen and oxygen atoms in total. The van der Waals surface area contributed by atoms with Gasteiger partial charge in [0.05, 0.1) is 18.7 Å². The molecule has 1 saturated heterocycles. The van der Waals surface area contributed by atoms with Crippen LogP contribution in [-0.2, 0) is 7.05 Å². The van der Waals surface area contributed by atoms with E-state index in [4.69, 9.17) is 14.9 Å². The Labute approximate surface area is 178 Å². The molecule has 0 aliphatic carbocycles. The fourth-order valence-corrected chi connectivity index (χ4v) is 4.11. The van der Waals surface area contributed by atoms with Gasteiger partial charge in [-0.25, -0.2) is 0 Å². The van der Waals surface area contributed by atoms with E-state index in [2.05, 4.69) is 26.9 Å². The molecular formula is C21H23N7O3. The number of methoxy groups -OCH3 is 1. The zero-order chi connectivity index (χ0) is 21.7. The van der Waals surface area contributed by atoms with Gasteiger partial charge in [0.15, 0.2) is 11.4 Å². The van der Waals surface area contributed by atoms with Gasteiger partial charge in [0, 0.05) is 38.1 Å². The molecule has 0 spiro atoms. The van der Waals surface area contributed by atoms with Gasteiger partial charge in [-0.3, -0.25) is 9.48 Å². The summed E-state index contributed by atoms with van der Waals surface area (Å²) in [6.07, 6.45) is 1.75. The molecule has 4 aromatic rings. The third kappa shape index (κ3) is 3.20. The molecule has 1 fully saturated rings. The van der Waals surface area contributed by atoms with E-state index >= 15 is 0 Å². The van der Waals surface area contributed by atoms with E-state index in [0.717, 1.165) is 22.3 Å². The normalized spacial score (nSPS) is 16.9. The molecule has 0 radical (unpaired) electrons. The number of nitrogens with zero attached hydrogens (tertiary/aromatic N) is 6. The van der Waals surface area contributed by atoms with Crippen molar-refractivity contribution < 1.29 is 13.9 Å². The molecule has 1 amide bonds. The number of aryl methyl sites for hydroxylation is 1. The van der Waals surface area contributed by atoms with Gasteiger partial charge in [-0.1, -0.05) is 0 Å². The highest BCUT2D eigenvalue weighted by molar-refractivity contribution is 5.96. The Morgan fingerprint density at radius 2 is 2.10 bits per heavy atom. The molecule has 0 unspecified atom stereocenters. The lowest BCUT2D eigenvalue weighted by Gasteiger charge is -2.40. The molecule has 0 bridgehead atoms. The number of piperazine rings is 1. The van der Waals surface area contributed by atoms with Crippen LogP contribution in [0.1, 0.15) is 17.5 Å². The minimum atomic E-state index is -0.129. The molecule has 1 atom stereocenters. The number of furan rings is 1. The Kier molecular flexibility index (Phi) is 4.42. The van der Waals surface area contributed by atoms with E-state index < -0.39 is 0 Å². The van der Waals surface area contributed by atoms with E-state index in [9.17, 15) is 4.79 Å². The van der Waals surface area contributed by atoms with Crippen LogP contribution in [0.2, 0.25) is 0 Å². The van der Waals surface area contributed by atoms with Crippen molar-refractivity contribution in [2.75, 3.05) is 37.4 Å². The minimum absolute atomic E-state index is 0.0277. The van der Waals surface area contributed by atoms with Crippen molar-refractivity contribution in [3.8, 4) is 5.75 Å². The summed E-state index contributed by atoms with van der Waals surface area (Å²) in [7, 11) is 3.43. The highest BCUT2D eigenvalue weighted by atomic mass is 16.5. The average molecular weight is 421 g/mol. The summed E-state index contributed by atoms with van der Waals surface area (Å²) in [6, 6.07) is 7.27. The summed E-state index contributed by atoms with van der Waals surface area (Å²) in [4.78, 5) is 25.8. The number of hydrogen-bond acceptors (Lipinski definition) is 8. The van der Waals surface area contributed by atoms with E-state index in [0.29, 0.717) is 36.6 Å². The van der Waals surface area contributed by atoms with E-state index in [-0.39, 0.29) is 17.9 Å². The van der Waals surface area contributed by atoms with Crippen molar-refractivity contribution in [3.05, 3.63) is 36.2 Å². The molecule has 1 aromatic carbocycles.